The molecule has 0 amide bonds. The minimum atomic E-state index is -0.178. The first-order valence-electron chi connectivity index (χ1n) is 6.85. The van der Waals surface area contributed by atoms with E-state index in [1.54, 1.807) is 0 Å². The van der Waals surface area contributed by atoms with Crippen molar-refractivity contribution >= 4 is 17.6 Å². The second-order valence-electron chi connectivity index (χ2n) is 6.25. The van der Waals surface area contributed by atoms with Crippen molar-refractivity contribution in [3.8, 4) is 0 Å². The zero-order valence-corrected chi connectivity index (χ0v) is 13.5. The first-order chi connectivity index (χ1) is 9.30. The normalized spacial score (nSPS) is 13.1. The summed E-state index contributed by atoms with van der Waals surface area (Å²) in [4.78, 5) is 11.5. The Labute approximate surface area is 126 Å². The maximum Gasteiger partial charge on any atom is 0.307 e. The number of halogens is 1. The lowest BCUT2D eigenvalue weighted by molar-refractivity contribution is -0.141. The number of hydrogen-bond donors (Lipinski definition) is 1. The number of nitrogens with one attached hydrogen (secondary N) is 1. The molecule has 1 N–H and O–H groups in total. The molecule has 0 aliphatic carbocycles. The molecule has 0 saturated heterocycles. The Hall–Kier alpha value is -1.06. The van der Waals surface area contributed by atoms with E-state index >= 15 is 0 Å². The highest BCUT2D eigenvalue weighted by Crippen LogP contribution is 2.22. The van der Waals surface area contributed by atoms with Crippen LogP contribution in [0.2, 0.25) is 5.02 Å². The van der Waals surface area contributed by atoms with Gasteiger partial charge in [0.25, 0.3) is 0 Å². The molecule has 0 saturated carbocycles. The molecule has 1 unspecified atom stereocenters. The van der Waals surface area contributed by atoms with Crippen molar-refractivity contribution in [2.24, 2.45) is 5.41 Å². The number of esters is 1. The molecule has 1 aromatic rings. The number of carbonyl (C=O) groups excluding carboxylic acids is 1. The van der Waals surface area contributed by atoms with Crippen LogP contribution in [0.1, 0.15) is 39.2 Å². The lowest BCUT2D eigenvalue weighted by Crippen LogP contribution is -2.34. The molecule has 1 aromatic carbocycles. The molecule has 0 aromatic heterocycles. The van der Waals surface area contributed by atoms with Gasteiger partial charge in [0.05, 0.1) is 13.5 Å². The number of ether oxygens (including phenoxy) is 1. The highest BCUT2D eigenvalue weighted by Gasteiger charge is 2.21. The van der Waals surface area contributed by atoms with Crippen molar-refractivity contribution in [1.29, 1.82) is 0 Å². The van der Waals surface area contributed by atoms with Gasteiger partial charge in [0.2, 0.25) is 0 Å². The van der Waals surface area contributed by atoms with E-state index in [9.17, 15) is 4.79 Å². The third-order valence-corrected chi connectivity index (χ3v) is 3.26. The summed E-state index contributed by atoms with van der Waals surface area (Å²) >= 11 is 5.87. The van der Waals surface area contributed by atoms with Crippen LogP contribution < -0.4 is 5.32 Å². The van der Waals surface area contributed by atoms with Crippen LogP contribution >= 0.6 is 11.6 Å². The lowest BCUT2D eigenvalue weighted by Gasteiger charge is -2.26. The van der Waals surface area contributed by atoms with Crippen molar-refractivity contribution in [3.05, 3.63) is 34.9 Å². The summed E-state index contributed by atoms with van der Waals surface area (Å²) < 4.78 is 4.77. The highest BCUT2D eigenvalue weighted by molar-refractivity contribution is 6.30. The van der Waals surface area contributed by atoms with Crippen LogP contribution in [0.5, 0.6) is 0 Å². The van der Waals surface area contributed by atoms with Crippen LogP contribution in [0, 0.1) is 5.41 Å². The molecular formula is C16H24ClNO2. The van der Waals surface area contributed by atoms with Crippen molar-refractivity contribution in [2.45, 2.75) is 46.2 Å². The second-order valence-corrected chi connectivity index (χ2v) is 6.69. The zero-order chi connectivity index (χ0) is 15.2. The summed E-state index contributed by atoms with van der Waals surface area (Å²) in [6.07, 6.45) is 1.30. The Balaban J connectivity index is 2.59. The maximum absolute atomic E-state index is 11.5. The topological polar surface area (TPSA) is 38.3 Å². The molecule has 1 rings (SSSR count). The molecule has 112 valence electrons. The largest absolute Gasteiger partial charge is 0.469 e. The van der Waals surface area contributed by atoms with Gasteiger partial charge in [-0.1, -0.05) is 44.5 Å². The lowest BCUT2D eigenvalue weighted by atomic mass is 9.87. The van der Waals surface area contributed by atoms with Gasteiger partial charge in [0.15, 0.2) is 0 Å². The van der Waals surface area contributed by atoms with Gasteiger partial charge in [-0.25, -0.2) is 0 Å². The van der Waals surface area contributed by atoms with Crippen LogP contribution in [0.15, 0.2) is 24.3 Å². The predicted octanol–water partition coefficient (Wildman–Crippen LogP) is 3.80. The summed E-state index contributed by atoms with van der Waals surface area (Å²) in [5, 5.41) is 4.16. The predicted molar refractivity (Wildman–Crippen MR) is 82.8 cm³/mol. The van der Waals surface area contributed by atoms with E-state index in [1.807, 2.05) is 24.3 Å². The summed E-state index contributed by atoms with van der Waals surface area (Å²) in [6.45, 7) is 7.22. The molecule has 0 aliphatic heterocycles. The molecule has 20 heavy (non-hydrogen) atoms. The minimum absolute atomic E-state index is 0.109. The van der Waals surface area contributed by atoms with Crippen molar-refractivity contribution < 1.29 is 9.53 Å². The molecule has 0 spiro atoms. The first kappa shape index (κ1) is 17.0. The number of benzene rings is 1. The molecule has 1 atom stereocenters. The summed E-state index contributed by atoms with van der Waals surface area (Å²) in [5.41, 5.74) is 1.31. The van der Waals surface area contributed by atoms with Crippen LogP contribution in [-0.4, -0.2) is 19.1 Å². The summed E-state index contributed by atoms with van der Waals surface area (Å²) in [6, 6.07) is 7.83. The SMILES string of the molecule is COC(=O)CC(CC(C)(C)C)NCc1ccc(Cl)cc1. The monoisotopic (exact) mass is 297 g/mol. The maximum atomic E-state index is 11.5. The molecule has 0 radical (unpaired) electrons. The number of rotatable bonds is 6. The average molecular weight is 298 g/mol. The van der Waals surface area contributed by atoms with Gasteiger partial charge in [-0.05, 0) is 29.5 Å². The first-order valence-corrected chi connectivity index (χ1v) is 7.22. The fraction of sp³-hybridized carbons (Fsp3) is 0.562. The molecule has 0 fully saturated rings. The van der Waals surface area contributed by atoms with Crippen LogP contribution in [-0.2, 0) is 16.1 Å². The van der Waals surface area contributed by atoms with Crippen LogP contribution in [0.25, 0.3) is 0 Å². The number of hydrogen-bond acceptors (Lipinski definition) is 3. The van der Waals surface area contributed by atoms with E-state index in [0.29, 0.717) is 6.42 Å². The molecule has 0 heterocycles. The van der Waals surface area contributed by atoms with Crippen molar-refractivity contribution in [1.82, 2.24) is 5.32 Å². The van der Waals surface area contributed by atoms with Gasteiger partial charge >= 0.3 is 5.97 Å². The Morgan fingerprint density at radius 3 is 2.40 bits per heavy atom. The second kappa shape index (κ2) is 7.65. The van der Waals surface area contributed by atoms with Gasteiger partial charge in [-0.2, -0.15) is 0 Å². The molecular weight excluding hydrogens is 274 g/mol. The van der Waals surface area contributed by atoms with Crippen LogP contribution in [0.4, 0.5) is 0 Å². The number of carbonyl (C=O) groups is 1. The zero-order valence-electron chi connectivity index (χ0n) is 12.7. The highest BCUT2D eigenvalue weighted by atomic mass is 35.5. The quantitative estimate of drug-likeness (QED) is 0.812. The fourth-order valence-corrected chi connectivity index (χ4v) is 2.23. The van der Waals surface area contributed by atoms with Gasteiger partial charge in [0.1, 0.15) is 0 Å². The van der Waals surface area contributed by atoms with Gasteiger partial charge < -0.3 is 10.1 Å². The molecule has 3 nitrogen and oxygen atoms in total. The van der Waals surface area contributed by atoms with Gasteiger partial charge in [-0.3, -0.25) is 4.79 Å². The summed E-state index contributed by atoms with van der Waals surface area (Å²) in [5.74, 6) is -0.178. The van der Waals surface area contributed by atoms with E-state index in [4.69, 9.17) is 16.3 Å². The van der Waals surface area contributed by atoms with Crippen molar-refractivity contribution in [2.75, 3.05) is 7.11 Å². The van der Waals surface area contributed by atoms with Crippen molar-refractivity contribution in [3.63, 3.8) is 0 Å². The van der Waals surface area contributed by atoms with Gasteiger partial charge in [0, 0.05) is 17.6 Å². The number of methoxy groups -OCH3 is 1. The van der Waals surface area contributed by atoms with E-state index in [0.717, 1.165) is 23.6 Å². The van der Waals surface area contributed by atoms with Gasteiger partial charge in [-0.15, -0.1) is 0 Å². The Kier molecular flexibility index (Phi) is 6.50. The average Bonchev–Trinajstić information content (AvgIpc) is 2.36. The fourth-order valence-electron chi connectivity index (χ4n) is 2.10. The minimum Gasteiger partial charge on any atom is -0.469 e. The van der Waals surface area contributed by atoms with E-state index in [-0.39, 0.29) is 17.4 Å². The van der Waals surface area contributed by atoms with E-state index in [2.05, 4.69) is 26.1 Å². The van der Waals surface area contributed by atoms with Crippen LogP contribution in [0.3, 0.4) is 0 Å². The third-order valence-electron chi connectivity index (χ3n) is 3.01. The smallest absolute Gasteiger partial charge is 0.307 e. The van der Waals surface area contributed by atoms with E-state index in [1.165, 1.54) is 7.11 Å². The van der Waals surface area contributed by atoms with E-state index < -0.39 is 0 Å². The Bertz CT molecular complexity index is 423. The summed E-state index contributed by atoms with van der Waals surface area (Å²) in [7, 11) is 1.43. The Morgan fingerprint density at radius 1 is 1.30 bits per heavy atom. The molecule has 4 heteroatoms. The Morgan fingerprint density at radius 2 is 1.90 bits per heavy atom. The third kappa shape index (κ3) is 6.92. The standard InChI is InChI=1S/C16H24ClNO2/c1-16(2,3)10-14(9-15(19)20-4)18-11-12-5-7-13(17)8-6-12/h5-8,14,18H,9-11H2,1-4H3. The molecule has 0 bridgehead atoms. The molecule has 0 aliphatic rings.